The van der Waals surface area contributed by atoms with Gasteiger partial charge in [0.2, 0.25) is 5.91 Å². The minimum Gasteiger partial charge on any atom is -0.493 e. The first-order valence-corrected chi connectivity index (χ1v) is 10.7. The molecule has 1 heterocycles. The first-order valence-electron chi connectivity index (χ1n) is 10.7. The van der Waals surface area contributed by atoms with Crippen LogP contribution in [0.3, 0.4) is 0 Å². The third kappa shape index (κ3) is 4.53. The summed E-state index contributed by atoms with van der Waals surface area (Å²) in [5, 5.41) is 2.87. The van der Waals surface area contributed by atoms with Crippen molar-refractivity contribution < 1.29 is 23.5 Å². The van der Waals surface area contributed by atoms with Crippen molar-refractivity contribution in [2.75, 3.05) is 27.3 Å². The number of benzene rings is 3. The lowest BCUT2D eigenvalue weighted by Crippen LogP contribution is -2.58. The molecule has 3 aromatic carbocycles. The number of piperazine rings is 1. The lowest BCUT2D eigenvalue weighted by atomic mass is 9.93. The number of halogens is 1. The maximum absolute atomic E-state index is 13.6. The number of carbonyl (C=O) groups is 2. The van der Waals surface area contributed by atoms with Gasteiger partial charge in [0.25, 0.3) is 5.91 Å². The number of amides is 2. The SMILES string of the molecule is COc1cccc(C(=O)N2CCNC(=O)[C@@H]2Cc2ccccc2-c2ccc(F)cc2)c1OC. The molecule has 4 rings (SSSR count). The van der Waals surface area contributed by atoms with Gasteiger partial charge in [0.15, 0.2) is 11.5 Å². The van der Waals surface area contributed by atoms with E-state index in [0.717, 1.165) is 16.7 Å². The standard InChI is InChI=1S/C26H25FN2O4/c1-32-23-9-5-8-21(24(23)33-2)26(31)29-15-14-28-25(30)22(29)16-18-6-3-4-7-20(18)17-10-12-19(27)13-11-17/h3-13,22H,14-16H2,1-2H3,(H,28,30)/t22-/m0/s1. The van der Waals surface area contributed by atoms with Crippen LogP contribution in [0.4, 0.5) is 4.39 Å². The molecule has 0 aliphatic carbocycles. The Morgan fingerprint density at radius 1 is 1.03 bits per heavy atom. The van der Waals surface area contributed by atoms with Crippen LogP contribution in [0.2, 0.25) is 0 Å². The number of carbonyl (C=O) groups excluding carboxylic acids is 2. The van der Waals surface area contributed by atoms with Gasteiger partial charge in [-0.05, 0) is 41.0 Å². The summed E-state index contributed by atoms with van der Waals surface area (Å²) in [5.41, 5.74) is 2.96. The van der Waals surface area contributed by atoms with Gasteiger partial charge in [0.1, 0.15) is 11.9 Å². The predicted octanol–water partition coefficient (Wildman–Crippen LogP) is 3.69. The normalized spacial score (nSPS) is 15.7. The number of para-hydroxylation sites is 1. The van der Waals surface area contributed by atoms with Crippen molar-refractivity contribution in [2.45, 2.75) is 12.5 Å². The summed E-state index contributed by atoms with van der Waals surface area (Å²) in [5.74, 6) is -0.0495. The number of ether oxygens (including phenoxy) is 2. The zero-order valence-corrected chi connectivity index (χ0v) is 18.5. The molecule has 7 heteroatoms. The van der Waals surface area contributed by atoms with Crippen molar-refractivity contribution in [1.29, 1.82) is 0 Å². The van der Waals surface area contributed by atoms with Crippen molar-refractivity contribution in [3.05, 3.63) is 83.7 Å². The highest BCUT2D eigenvalue weighted by Crippen LogP contribution is 2.33. The first-order chi connectivity index (χ1) is 16.0. The fourth-order valence-corrected chi connectivity index (χ4v) is 4.19. The molecule has 1 fully saturated rings. The fourth-order valence-electron chi connectivity index (χ4n) is 4.19. The van der Waals surface area contributed by atoms with Crippen molar-refractivity contribution in [1.82, 2.24) is 10.2 Å². The molecule has 1 N–H and O–H groups in total. The van der Waals surface area contributed by atoms with Gasteiger partial charge < -0.3 is 19.7 Å². The number of nitrogens with one attached hydrogen (secondary N) is 1. The highest BCUT2D eigenvalue weighted by molar-refractivity contribution is 6.01. The van der Waals surface area contributed by atoms with Crippen molar-refractivity contribution in [3.8, 4) is 22.6 Å². The number of methoxy groups -OCH3 is 2. The van der Waals surface area contributed by atoms with Crippen LogP contribution >= 0.6 is 0 Å². The van der Waals surface area contributed by atoms with E-state index in [1.807, 2.05) is 24.3 Å². The van der Waals surface area contributed by atoms with E-state index >= 15 is 0 Å². The second-order valence-corrected chi connectivity index (χ2v) is 7.71. The average Bonchev–Trinajstić information content (AvgIpc) is 2.85. The average molecular weight is 448 g/mol. The molecule has 0 spiro atoms. The van der Waals surface area contributed by atoms with Gasteiger partial charge in [-0.25, -0.2) is 4.39 Å². The Morgan fingerprint density at radius 3 is 2.52 bits per heavy atom. The molecule has 0 radical (unpaired) electrons. The zero-order chi connectivity index (χ0) is 23.4. The van der Waals surface area contributed by atoms with Crippen LogP contribution in [-0.4, -0.2) is 50.1 Å². The van der Waals surface area contributed by atoms with E-state index < -0.39 is 6.04 Å². The molecule has 1 aliphatic rings. The number of hydrogen-bond donors (Lipinski definition) is 1. The van der Waals surface area contributed by atoms with Gasteiger partial charge in [0, 0.05) is 19.5 Å². The van der Waals surface area contributed by atoms with Gasteiger partial charge >= 0.3 is 0 Å². The van der Waals surface area contributed by atoms with E-state index in [4.69, 9.17) is 9.47 Å². The van der Waals surface area contributed by atoms with E-state index in [-0.39, 0.29) is 17.6 Å². The molecule has 1 aliphatic heterocycles. The summed E-state index contributed by atoms with van der Waals surface area (Å²) in [6.07, 6.45) is 0.317. The van der Waals surface area contributed by atoms with E-state index in [1.54, 1.807) is 35.2 Å². The Morgan fingerprint density at radius 2 is 1.79 bits per heavy atom. The molecule has 0 aromatic heterocycles. The third-order valence-corrected chi connectivity index (χ3v) is 5.81. The molecule has 1 atom stereocenters. The minimum absolute atomic E-state index is 0.217. The predicted molar refractivity (Wildman–Crippen MR) is 123 cm³/mol. The molecule has 2 amide bonds. The number of rotatable bonds is 6. The smallest absolute Gasteiger partial charge is 0.258 e. The molecule has 1 saturated heterocycles. The monoisotopic (exact) mass is 448 g/mol. The Hall–Kier alpha value is -3.87. The number of nitrogens with zero attached hydrogens (tertiary/aromatic N) is 1. The van der Waals surface area contributed by atoms with E-state index in [9.17, 15) is 14.0 Å². The molecular weight excluding hydrogens is 423 g/mol. The highest BCUT2D eigenvalue weighted by Gasteiger charge is 2.35. The van der Waals surface area contributed by atoms with Crippen LogP contribution in [0.15, 0.2) is 66.7 Å². The second-order valence-electron chi connectivity index (χ2n) is 7.71. The van der Waals surface area contributed by atoms with Crippen LogP contribution in [0.5, 0.6) is 11.5 Å². The summed E-state index contributed by atoms with van der Waals surface area (Å²) >= 11 is 0. The Kier molecular flexibility index (Phi) is 6.58. The summed E-state index contributed by atoms with van der Waals surface area (Å²) < 4.78 is 24.2. The summed E-state index contributed by atoms with van der Waals surface area (Å²) in [6, 6.07) is 18.3. The second kappa shape index (κ2) is 9.73. The zero-order valence-electron chi connectivity index (χ0n) is 18.5. The molecule has 0 saturated carbocycles. The maximum Gasteiger partial charge on any atom is 0.258 e. The molecular formula is C26H25FN2O4. The maximum atomic E-state index is 13.6. The van der Waals surface area contributed by atoms with Gasteiger partial charge in [-0.1, -0.05) is 42.5 Å². The van der Waals surface area contributed by atoms with Crippen LogP contribution in [-0.2, 0) is 11.2 Å². The molecule has 33 heavy (non-hydrogen) atoms. The van der Waals surface area contributed by atoms with Crippen molar-refractivity contribution in [3.63, 3.8) is 0 Å². The molecule has 0 unspecified atom stereocenters. The third-order valence-electron chi connectivity index (χ3n) is 5.81. The summed E-state index contributed by atoms with van der Waals surface area (Å²) in [7, 11) is 2.99. The molecule has 0 bridgehead atoms. The topological polar surface area (TPSA) is 67.9 Å². The summed E-state index contributed by atoms with van der Waals surface area (Å²) in [4.78, 5) is 28.0. The lowest BCUT2D eigenvalue weighted by Gasteiger charge is -2.36. The van der Waals surface area contributed by atoms with E-state index in [1.165, 1.54) is 26.4 Å². The van der Waals surface area contributed by atoms with Gasteiger partial charge in [0.05, 0.1) is 19.8 Å². The van der Waals surface area contributed by atoms with Crippen LogP contribution in [0, 0.1) is 5.82 Å². The van der Waals surface area contributed by atoms with Crippen molar-refractivity contribution in [2.24, 2.45) is 0 Å². The quantitative estimate of drug-likeness (QED) is 0.625. The Labute approximate surface area is 191 Å². The summed E-state index contributed by atoms with van der Waals surface area (Å²) in [6.45, 7) is 0.737. The van der Waals surface area contributed by atoms with Gasteiger partial charge in [-0.2, -0.15) is 0 Å². The first kappa shape index (κ1) is 22.3. The van der Waals surface area contributed by atoms with Crippen molar-refractivity contribution >= 4 is 11.8 Å². The van der Waals surface area contributed by atoms with Gasteiger partial charge in [-0.15, -0.1) is 0 Å². The molecule has 3 aromatic rings. The Balaban J connectivity index is 1.68. The van der Waals surface area contributed by atoms with E-state index in [0.29, 0.717) is 36.6 Å². The van der Waals surface area contributed by atoms with E-state index in [2.05, 4.69) is 5.32 Å². The van der Waals surface area contributed by atoms with Crippen LogP contribution < -0.4 is 14.8 Å². The molecule has 170 valence electrons. The number of hydrogen-bond acceptors (Lipinski definition) is 4. The minimum atomic E-state index is -0.705. The molecule has 6 nitrogen and oxygen atoms in total. The van der Waals surface area contributed by atoms with Crippen LogP contribution in [0.1, 0.15) is 15.9 Å². The van der Waals surface area contributed by atoms with Crippen LogP contribution in [0.25, 0.3) is 11.1 Å². The lowest BCUT2D eigenvalue weighted by molar-refractivity contribution is -0.127. The Bertz CT molecular complexity index is 1160. The highest BCUT2D eigenvalue weighted by atomic mass is 19.1. The largest absolute Gasteiger partial charge is 0.493 e. The van der Waals surface area contributed by atoms with Gasteiger partial charge in [-0.3, -0.25) is 9.59 Å². The fraction of sp³-hybridized carbons (Fsp3) is 0.231.